The SMILES string of the molecule is COc1ccccc1N=Cc1ccc(N2CCCC2)cc1. The summed E-state index contributed by atoms with van der Waals surface area (Å²) in [6.45, 7) is 2.35. The van der Waals surface area contributed by atoms with Crippen molar-refractivity contribution in [2.45, 2.75) is 12.8 Å². The van der Waals surface area contributed by atoms with Gasteiger partial charge in [0.25, 0.3) is 0 Å². The summed E-state index contributed by atoms with van der Waals surface area (Å²) >= 11 is 0. The van der Waals surface area contributed by atoms with Crippen LogP contribution in [0.3, 0.4) is 0 Å². The fourth-order valence-electron chi connectivity index (χ4n) is 2.63. The third kappa shape index (κ3) is 3.24. The van der Waals surface area contributed by atoms with Crippen molar-refractivity contribution in [3.8, 4) is 5.75 Å². The van der Waals surface area contributed by atoms with Gasteiger partial charge >= 0.3 is 0 Å². The van der Waals surface area contributed by atoms with E-state index in [9.17, 15) is 0 Å². The summed E-state index contributed by atoms with van der Waals surface area (Å²) in [6, 6.07) is 16.4. The molecule has 0 aliphatic carbocycles. The van der Waals surface area contributed by atoms with Gasteiger partial charge in [-0.15, -0.1) is 0 Å². The average Bonchev–Trinajstić information content (AvgIpc) is 3.08. The highest BCUT2D eigenvalue weighted by atomic mass is 16.5. The molecule has 2 aromatic rings. The molecule has 0 bridgehead atoms. The van der Waals surface area contributed by atoms with Gasteiger partial charge in [0, 0.05) is 25.0 Å². The predicted octanol–water partition coefficient (Wildman–Crippen LogP) is 4.05. The van der Waals surface area contributed by atoms with Crippen molar-refractivity contribution in [3.63, 3.8) is 0 Å². The Morgan fingerprint density at radius 2 is 1.71 bits per heavy atom. The van der Waals surface area contributed by atoms with Gasteiger partial charge in [-0.3, -0.25) is 4.99 Å². The lowest BCUT2D eigenvalue weighted by atomic mass is 10.2. The first-order valence-electron chi connectivity index (χ1n) is 7.39. The standard InChI is InChI=1S/C18H20N2O/c1-21-18-7-3-2-6-17(18)19-14-15-8-10-16(11-9-15)20-12-4-5-13-20/h2-3,6-11,14H,4-5,12-13H2,1H3. The lowest BCUT2D eigenvalue weighted by molar-refractivity contribution is 0.416. The summed E-state index contributed by atoms with van der Waals surface area (Å²) < 4.78 is 5.30. The van der Waals surface area contributed by atoms with E-state index in [0.717, 1.165) is 17.0 Å². The smallest absolute Gasteiger partial charge is 0.144 e. The van der Waals surface area contributed by atoms with E-state index < -0.39 is 0 Å². The molecular weight excluding hydrogens is 260 g/mol. The highest BCUT2D eigenvalue weighted by Gasteiger charge is 2.11. The van der Waals surface area contributed by atoms with Gasteiger partial charge < -0.3 is 9.64 Å². The van der Waals surface area contributed by atoms with Crippen LogP contribution in [0, 0.1) is 0 Å². The van der Waals surface area contributed by atoms with Crippen molar-refractivity contribution in [1.82, 2.24) is 0 Å². The Labute approximate surface area is 125 Å². The van der Waals surface area contributed by atoms with Gasteiger partial charge in [0.1, 0.15) is 11.4 Å². The Morgan fingerprint density at radius 3 is 2.43 bits per heavy atom. The van der Waals surface area contributed by atoms with Crippen molar-refractivity contribution < 1.29 is 4.74 Å². The molecule has 0 aromatic heterocycles. The molecule has 1 heterocycles. The molecule has 0 amide bonds. The molecule has 21 heavy (non-hydrogen) atoms. The first kappa shape index (κ1) is 13.7. The van der Waals surface area contributed by atoms with Gasteiger partial charge in [-0.2, -0.15) is 0 Å². The zero-order valence-electron chi connectivity index (χ0n) is 12.3. The Balaban J connectivity index is 1.74. The number of anilines is 1. The lowest BCUT2D eigenvalue weighted by Crippen LogP contribution is -2.17. The summed E-state index contributed by atoms with van der Waals surface area (Å²) in [5, 5.41) is 0. The van der Waals surface area contributed by atoms with Crippen LogP contribution in [0.1, 0.15) is 18.4 Å². The van der Waals surface area contributed by atoms with Crippen molar-refractivity contribution in [2.24, 2.45) is 4.99 Å². The summed E-state index contributed by atoms with van der Waals surface area (Å²) in [4.78, 5) is 6.94. The van der Waals surface area contributed by atoms with Crippen LogP contribution in [0.4, 0.5) is 11.4 Å². The summed E-state index contributed by atoms with van der Waals surface area (Å²) in [5.41, 5.74) is 3.26. The zero-order valence-corrected chi connectivity index (χ0v) is 12.3. The Morgan fingerprint density at radius 1 is 1.00 bits per heavy atom. The van der Waals surface area contributed by atoms with Gasteiger partial charge in [-0.05, 0) is 42.7 Å². The molecule has 1 fully saturated rings. The number of methoxy groups -OCH3 is 1. The Bertz CT molecular complexity index is 613. The molecule has 1 aliphatic rings. The molecule has 3 heteroatoms. The highest BCUT2D eigenvalue weighted by molar-refractivity contribution is 5.83. The maximum Gasteiger partial charge on any atom is 0.144 e. The van der Waals surface area contributed by atoms with E-state index in [1.54, 1.807) is 7.11 Å². The molecule has 1 aliphatic heterocycles. The van der Waals surface area contributed by atoms with Crippen LogP contribution in [0.2, 0.25) is 0 Å². The maximum atomic E-state index is 5.30. The minimum atomic E-state index is 0.794. The minimum Gasteiger partial charge on any atom is -0.494 e. The maximum absolute atomic E-state index is 5.30. The molecule has 0 N–H and O–H groups in total. The highest BCUT2D eigenvalue weighted by Crippen LogP contribution is 2.26. The molecule has 0 saturated carbocycles. The second-order valence-corrected chi connectivity index (χ2v) is 5.22. The molecule has 0 spiro atoms. The van der Waals surface area contributed by atoms with E-state index in [2.05, 4.69) is 34.2 Å². The first-order chi connectivity index (χ1) is 10.4. The van der Waals surface area contributed by atoms with Crippen molar-refractivity contribution in [2.75, 3.05) is 25.1 Å². The number of ether oxygens (including phenoxy) is 1. The van der Waals surface area contributed by atoms with Crippen LogP contribution in [0.25, 0.3) is 0 Å². The quantitative estimate of drug-likeness (QED) is 0.789. The molecule has 1 saturated heterocycles. The Kier molecular flexibility index (Phi) is 4.20. The van der Waals surface area contributed by atoms with Gasteiger partial charge in [0.2, 0.25) is 0 Å². The van der Waals surface area contributed by atoms with Crippen LogP contribution in [0.5, 0.6) is 5.75 Å². The van der Waals surface area contributed by atoms with Crippen LogP contribution < -0.4 is 9.64 Å². The third-order valence-corrected chi connectivity index (χ3v) is 3.80. The number of rotatable bonds is 4. The molecule has 108 valence electrons. The number of aliphatic imine (C=N–C) groups is 1. The van der Waals surface area contributed by atoms with Gasteiger partial charge in [-0.1, -0.05) is 24.3 Å². The van der Waals surface area contributed by atoms with Gasteiger partial charge in [0.15, 0.2) is 0 Å². The zero-order chi connectivity index (χ0) is 14.5. The van der Waals surface area contributed by atoms with E-state index in [4.69, 9.17) is 4.74 Å². The molecular formula is C18H20N2O. The number of hydrogen-bond donors (Lipinski definition) is 0. The van der Waals surface area contributed by atoms with Crippen LogP contribution in [-0.2, 0) is 0 Å². The van der Waals surface area contributed by atoms with Crippen LogP contribution >= 0.6 is 0 Å². The second-order valence-electron chi connectivity index (χ2n) is 5.22. The number of hydrogen-bond acceptors (Lipinski definition) is 3. The Hall–Kier alpha value is -2.29. The summed E-state index contributed by atoms with van der Waals surface area (Å²) in [5.74, 6) is 0.794. The largest absolute Gasteiger partial charge is 0.494 e. The normalized spacial score (nSPS) is 14.8. The van der Waals surface area contributed by atoms with Gasteiger partial charge in [0.05, 0.1) is 7.11 Å². The molecule has 0 atom stereocenters. The fourth-order valence-corrected chi connectivity index (χ4v) is 2.63. The third-order valence-electron chi connectivity index (χ3n) is 3.80. The van der Waals surface area contributed by atoms with E-state index in [1.165, 1.54) is 31.6 Å². The summed E-state index contributed by atoms with van der Waals surface area (Å²) in [7, 11) is 1.67. The van der Waals surface area contributed by atoms with Gasteiger partial charge in [-0.25, -0.2) is 0 Å². The fraction of sp³-hybridized carbons (Fsp3) is 0.278. The number of nitrogens with zero attached hydrogens (tertiary/aromatic N) is 2. The second kappa shape index (κ2) is 6.44. The minimum absolute atomic E-state index is 0.794. The number of benzene rings is 2. The molecule has 0 radical (unpaired) electrons. The topological polar surface area (TPSA) is 24.8 Å². The van der Waals surface area contributed by atoms with Crippen LogP contribution in [-0.4, -0.2) is 26.4 Å². The average molecular weight is 280 g/mol. The van der Waals surface area contributed by atoms with E-state index >= 15 is 0 Å². The molecule has 3 rings (SSSR count). The molecule has 0 unspecified atom stereocenters. The van der Waals surface area contributed by atoms with Crippen molar-refractivity contribution in [1.29, 1.82) is 0 Å². The van der Waals surface area contributed by atoms with Crippen LogP contribution in [0.15, 0.2) is 53.5 Å². The lowest BCUT2D eigenvalue weighted by Gasteiger charge is -2.17. The predicted molar refractivity (Wildman–Crippen MR) is 88.1 cm³/mol. The summed E-state index contributed by atoms with van der Waals surface area (Å²) in [6.07, 6.45) is 4.49. The molecule has 2 aromatic carbocycles. The van der Waals surface area contributed by atoms with E-state index in [0.29, 0.717) is 0 Å². The van der Waals surface area contributed by atoms with E-state index in [1.807, 2.05) is 30.5 Å². The monoisotopic (exact) mass is 280 g/mol. The van der Waals surface area contributed by atoms with Crippen molar-refractivity contribution in [3.05, 3.63) is 54.1 Å². The van der Waals surface area contributed by atoms with Crippen molar-refractivity contribution >= 4 is 17.6 Å². The first-order valence-corrected chi connectivity index (χ1v) is 7.39. The van der Waals surface area contributed by atoms with E-state index in [-0.39, 0.29) is 0 Å². The molecule has 3 nitrogen and oxygen atoms in total. The number of para-hydroxylation sites is 2.